The smallest absolute Gasteiger partial charge is 0.305 e. The van der Waals surface area contributed by atoms with Crippen LogP contribution in [-0.2, 0) is 38.1 Å². The SMILES string of the molecule is C=CC[C@H](OC(C)=O)[C@H]1OC(C)(C)O[C@H]1C1OC(OC(C)=O)C=CC1=O. The second-order valence-electron chi connectivity index (χ2n) is 6.53. The zero-order valence-electron chi connectivity index (χ0n) is 15.3. The molecular formula is C18H24O8. The maximum Gasteiger partial charge on any atom is 0.305 e. The summed E-state index contributed by atoms with van der Waals surface area (Å²) in [5.74, 6) is -2.41. The van der Waals surface area contributed by atoms with Gasteiger partial charge in [-0.1, -0.05) is 6.08 Å². The topological polar surface area (TPSA) is 97.4 Å². The predicted octanol–water partition coefficient (Wildman–Crippen LogP) is 1.43. The second-order valence-corrected chi connectivity index (χ2v) is 6.53. The van der Waals surface area contributed by atoms with Gasteiger partial charge in [0.1, 0.15) is 18.3 Å². The number of hydrogen-bond donors (Lipinski definition) is 0. The fourth-order valence-electron chi connectivity index (χ4n) is 2.96. The monoisotopic (exact) mass is 368 g/mol. The minimum absolute atomic E-state index is 0.310. The van der Waals surface area contributed by atoms with Gasteiger partial charge in [-0.05, 0) is 26.0 Å². The molecule has 2 heterocycles. The van der Waals surface area contributed by atoms with Gasteiger partial charge in [-0.15, -0.1) is 6.58 Å². The van der Waals surface area contributed by atoms with Crippen LogP contribution in [0.3, 0.4) is 0 Å². The summed E-state index contributed by atoms with van der Waals surface area (Å²) in [5, 5.41) is 0. The Bertz CT molecular complexity index is 608. The quantitative estimate of drug-likeness (QED) is 0.513. The van der Waals surface area contributed by atoms with E-state index in [4.69, 9.17) is 23.7 Å². The van der Waals surface area contributed by atoms with Crippen molar-refractivity contribution in [3.05, 3.63) is 24.8 Å². The molecule has 8 nitrogen and oxygen atoms in total. The molecular weight excluding hydrogens is 344 g/mol. The third-order valence-corrected chi connectivity index (χ3v) is 3.81. The number of ketones is 1. The molecule has 8 heteroatoms. The molecule has 0 aromatic rings. The molecule has 2 unspecified atom stereocenters. The molecule has 2 aliphatic rings. The van der Waals surface area contributed by atoms with Crippen LogP contribution in [-0.4, -0.2) is 54.2 Å². The molecule has 26 heavy (non-hydrogen) atoms. The Morgan fingerprint density at radius 1 is 1.31 bits per heavy atom. The summed E-state index contributed by atoms with van der Waals surface area (Å²) in [6.45, 7) is 9.56. The van der Waals surface area contributed by atoms with Gasteiger partial charge < -0.3 is 23.7 Å². The van der Waals surface area contributed by atoms with Gasteiger partial charge in [-0.3, -0.25) is 14.4 Å². The molecule has 0 amide bonds. The number of carbonyl (C=O) groups excluding carboxylic acids is 3. The van der Waals surface area contributed by atoms with E-state index in [1.54, 1.807) is 19.9 Å². The van der Waals surface area contributed by atoms with Crippen molar-refractivity contribution in [1.29, 1.82) is 0 Å². The first-order valence-electron chi connectivity index (χ1n) is 8.31. The normalized spacial score (nSPS) is 31.3. The van der Waals surface area contributed by atoms with Gasteiger partial charge in [0.2, 0.25) is 6.29 Å². The highest BCUT2D eigenvalue weighted by Crippen LogP contribution is 2.36. The molecule has 2 aliphatic heterocycles. The van der Waals surface area contributed by atoms with E-state index < -0.39 is 48.4 Å². The zero-order chi connectivity index (χ0) is 19.5. The largest absolute Gasteiger partial charge is 0.459 e. The number of hydrogen-bond acceptors (Lipinski definition) is 8. The average Bonchev–Trinajstić information content (AvgIpc) is 2.83. The Balaban J connectivity index is 2.26. The van der Waals surface area contributed by atoms with E-state index in [9.17, 15) is 14.4 Å². The number of carbonyl (C=O) groups is 3. The average molecular weight is 368 g/mol. The summed E-state index contributed by atoms with van der Waals surface area (Å²) in [4.78, 5) is 35.0. The van der Waals surface area contributed by atoms with Crippen LogP contribution < -0.4 is 0 Å². The van der Waals surface area contributed by atoms with Crippen molar-refractivity contribution in [3.8, 4) is 0 Å². The van der Waals surface area contributed by atoms with Crippen molar-refractivity contribution >= 4 is 17.7 Å². The van der Waals surface area contributed by atoms with Crippen LogP contribution in [0.4, 0.5) is 0 Å². The van der Waals surface area contributed by atoms with Gasteiger partial charge in [-0.2, -0.15) is 0 Å². The van der Waals surface area contributed by atoms with Gasteiger partial charge in [0.15, 0.2) is 17.7 Å². The number of rotatable bonds is 6. The molecule has 1 saturated heterocycles. The van der Waals surface area contributed by atoms with Crippen molar-refractivity contribution in [1.82, 2.24) is 0 Å². The molecule has 0 aliphatic carbocycles. The molecule has 0 saturated carbocycles. The van der Waals surface area contributed by atoms with Crippen LogP contribution >= 0.6 is 0 Å². The second kappa shape index (κ2) is 8.11. The van der Waals surface area contributed by atoms with E-state index in [2.05, 4.69) is 6.58 Å². The molecule has 0 spiro atoms. The van der Waals surface area contributed by atoms with Crippen LogP contribution in [0.5, 0.6) is 0 Å². The maximum absolute atomic E-state index is 12.4. The van der Waals surface area contributed by atoms with Crippen LogP contribution in [0.2, 0.25) is 0 Å². The molecule has 0 bridgehead atoms. The fraction of sp³-hybridized carbons (Fsp3) is 0.611. The lowest BCUT2D eigenvalue weighted by atomic mass is 9.97. The fourth-order valence-corrected chi connectivity index (χ4v) is 2.96. The van der Waals surface area contributed by atoms with E-state index in [1.807, 2.05) is 0 Å². The molecule has 0 N–H and O–H groups in total. The molecule has 5 atom stereocenters. The molecule has 0 aromatic heterocycles. The van der Waals surface area contributed by atoms with Crippen molar-refractivity contribution in [3.63, 3.8) is 0 Å². The molecule has 0 aromatic carbocycles. The van der Waals surface area contributed by atoms with Gasteiger partial charge in [0.05, 0.1) is 0 Å². The Morgan fingerprint density at radius 2 is 2.00 bits per heavy atom. The minimum atomic E-state index is -1.07. The Labute approximate surface area is 152 Å². The van der Waals surface area contributed by atoms with E-state index in [-0.39, 0.29) is 5.78 Å². The first-order valence-corrected chi connectivity index (χ1v) is 8.31. The minimum Gasteiger partial charge on any atom is -0.459 e. The highest BCUT2D eigenvalue weighted by atomic mass is 16.8. The van der Waals surface area contributed by atoms with Crippen LogP contribution in [0.25, 0.3) is 0 Å². The Morgan fingerprint density at radius 3 is 2.58 bits per heavy atom. The first kappa shape index (κ1) is 20.3. The zero-order valence-corrected chi connectivity index (χ0v) is 15.3. The highest BCUT2D eigenvalue weighted by Gasteiger charge is 2.52. The lowest BCUT2D eigenvalue weighted by Gasteiger charge is -2.32. The van der Waals surface area contributed by atoms with E-state index in [1.165, 1.54) is 26.0 Å². The highest BCUT2D eigenvalue weighted by molar-refractivity contribution is 5.95. The maximum atomic E-state index is 12.4. The predicted molar refractivity (Wildman–Crippen MR) is 88.8 cm³/mol. The Hall–Kier alpha value is -2.03. The summed E-state index contributed by atoms with van der Waals surface area (Å²) < 4.78 is 27.7. The number of ether oxygens (including phenoxy) is 5. The van der Waals surface area contributed by atoms with Crippen LogP contribution in [0.15, 0.2) is 24.8 Å². The Kier molecular flexibility index (Phi) is 6.33. The van der Waals surface area contributed by atoms with E-state index in [0.29, 0.717) is 6.42 Å². The third-order valence-electron chi connectivity index (χ3n) is 3.81. The van der Waals surface area contributed by atoms with Crippen LogP contribution in [0.1, 0.15) is 34.1 Å². The lowest BCUT2D eigenvalue weighted by molar-refractivity contribution is -0.200. The van der Waals surface area contributed by atoms with Gasteiger partial charge in [0.25, 0.3) is 0 Å². The molecule has 144 valence electrons. The third kappa shape index (κ3) is 5.00. The van der Waals surface area contributed by atoms with Gasteiger partial charge in [-0.25, -0.2) is 0 Å². The van der Waals surface area contributed by atoms with E-state index >= 15 is 0 Å². The van der Waals surface area contributed by atoms with Crippen molar-refractivity contribution in [2.24, 2.45) is 0 Å². The first-order chi connectivity index (χ1) is 12.1. The molecule has 0 radical (unpaired) electrons. The summed E-state index contributed by atoms with van der Waals surface area (Å²) in [6, 6.07) is 0. The summed E-state index contributed by atoms with van der Waals surface area (Å²) in [5.41, 5.74) is 0. The molecule has 1 fully saturated rings. The lowest BCUT2D eigenvalue weighted by Crippen LogP contribution is -2.50. The van der Waals surface area contributed by atoms with Crippen molar-refractivity contribution in [2.75, 3.05) is 0 Å². The molecule has 2 rings (SSSR count). The summed E-state index contributed by atoms with van der Waals surface area (Å²) in [6.07, 6.45) is 0.134. The van der Waals surface area contributed by atoms with Crippen LogP contribution in [0, 0.1) is 0 Å². The van der Waals surface area contributed by atoms with Crippen molar-refractivity contribution < 1.29 is 38.1 Å². The van der Waals surface area contributed by atoms with E-state index in [0.717, 1.165) is 0 Å². The van der Waals surface area contributed by atoms with Gasteiger partial charge in [0, 0.05) is 20.3 Å². The number of esters is 2. The summed E-state index contributed by atoms with van der Waals surface area (Å²) in [7, 11) is 0. The van der Waals surface area contributed by atoms with Crippen molar-refractivity contribution in [2.45, 2.75) is 70.6 Å². The summed E-state index contributed by atoms with van der Waals surface area (Å²) >= 11 is 0. The van der Waals surface area contributed by atoms with Gasteiger partial charge >= 0.3 is 11.9 Å². The standard InChI is InChI=1S/C18H24O8/c1-6-7-13(22-10(2)19)16-17(26-18(4,5)25-16)15-12(21)8-9-14(24-15)23-11(3)20/h6,8-9,13-17H,1,7H2,2-5H3/t13-,14?,15?,16+,17-/m0/s1.